The Hall–Kier alpha value is -2.15. The van der Waals surface area contributed by atoms with Gasteiger partial charge in [-0.05, 0) is 13.0 Å². The zero-order valence-corrected chi connectivity index (χ0v) is 10.5. The van der Waals surface area contributed by atoms with Crippen molar-refractivity contribution in [2.24, 2.45) is 0 Å². The lowest BCUT2D eigenvalue weighted by Crippen LogP contribution is -2.06. The molecule has 0 bridgehead atoms. The second kappa shape index (κ2) is 5.01. The molecule has 2 heterocycles. The van der Waals surface area contributed by atoms with Crippen LogP contribution >= 0.6 is 11.3 Å². The Kier molecular flexibility index (Phi) is 3.42. The molecule has 2 aromatic rings. The second-order valence-corrected chi connectivity index (χ2v) is 4.99. The maximum Gasteiger partial charge on any atom is 0.337 e. The van der Waals surface area contributed by atoms with Crippen molar-refractivity contribution in [1.82, 2.24) is 9.97 Å². The summed E-state index contributed by atoms with van der Waals surface area (Å²) >= 11 is 1.58. The number of nitrogens with zero attached hydrogens (tertiary/aromatic N) is 2. The fourth-order valence-corrected chi connectivity index (χ4v) is 2.14. The van der Waals surface area contributed by atoms with Crippen molar-refractivity contribution in [2.75, 3.05) is 11.1 Å². The molecule has 2 rings (SSSR count). The smallest absolute Gasteiger partial charge is 0.337 e. The highest BCUT2D eigenvalue weighted by Crippen LogP contribution is 2.19. The fraction of sp³-hybridized carbons (Fsp3) is 0.182. The highest BCUT2D eigenvalue weighted by atomic mass is 32.1. The van der Waals surface area contributed by atoms with Crippen LogP contribution in [0.15, 0.2) is 18.5 Å². The molecule has 0 aliphatic carbocycles. The molecule has 0 amide bonds. The number of hydrogen-bond donors (Lipinski definition) is 3. The van der Waals surface area contributed by atoms with E-state index in [9.17, 15) is 4.79 Å². The number of aromatic nitrogens is 2. The van der Waals surface area contributed by atoms with Crippen LogP contribution in [0.1, 0.15) is 20.2 Å². The number of aryl methyl sites for hydroxylation is 1. The molecular formula is C11H12N4O2S. The van der Waals surface area contributed by atoms with E-state index in [1.807, 2.05) is 6.92 Å². The van der Waals surface area contributed by atoms with Gasteiger partial charge in [0.05, 0.1) is 22.8 Å². The number of nitrogen functional groups attached to an aromatic ring is 1. The predicted molar refractivity (Wildman–Crippen MR) is 69.8 cm³/mol. The number of carboxylic acid groups (broad SMARTS) is 1. The van der Waals surface area contributed by atoms with Gasteiger partial charge in [0, 0.05) is 17.3 Å². The van der Waals surface area contributed by atoms with Gasteiger partial charge in [-0.25, -0.2) is 14.8 Å². The largest absolute Gasteiger partial charge is 0.478 e. The molecule has 18 heavy (non-hydrogen) atoms. The monoisotopic (exact) mass is 264 g/mol. The van der Waals surface area contributed by atoms with Crippen LogP contribution in [-0.2, 0) is 6.54 Å². The molecule has 0 aliphatic rings. The Morgan fingerprint density at radius 1 is 1.50 bits per heavy atom. The first kappa shape index (κ1) is 12.3. The van der Waals surface area contributed by atoms with Crippen molar-refractivity contribution in [1.29, 1.82) is 0 Å². The number of nitrogens with one attached hydrogen (secondary N) is 1. The minimum Gasteiger partial charge on any atom is -0.478 e. The normalized spacial score (nSPS) is 10.3. The SMILES string of the molecule is Cc1ncc(CNc2ncc(C(=O)O)cc2N)s1. The molecule has 7 heteroatoms. The molecule has 0 aliphatic heterocycles. The van der Waals surface area contributed by atoms with Crippen LogP contribution < -0.4 is 11.1 Å². The number of aromatic carboxylic acids is 1. The highest BCUT2D eigenvalue weighted by Gasteiger charge is 2.07. The van der Waals surface area contributed by atoms with E-state index in [2.05, 4.69) is 15.3 Å². The molecular weight excluding hydrogens is 252 g/mol. The van der Waals surface area contributed by atoms with Gasteiger partial charge in [0.1, 0.15) is 5.82 Å². The van der Waals surface area contributed by atoms with Crippen molar-refractivity contribution in [3.63, 3.8) is 0 Å². The van der Waals surface area contributed by atoms with Gasteiger partial charge in [-0.1, -0.05) is 0 Å². The molecule has 0 aromatic carbocycles. The molecule has 6 nitrogen and oxygen atoms in total. The topological polar surface area (TPSA) is 101 Å². The predicted octanol–water partition coefficient (Wildman–Crippen LogP) is 1.74. The van der Waals surface area contributed by atoms with Crippen LogP contribution in [0, 0.1) is 6.92 Å². The maximum atomic E-state index is 10.7. The number of carboxylic acids is 1. The van der Waals surface area contributed by atoms with Crippen molar-refractivity contribution in [2.45, 2.75) is 13.5 Å². The zero-order valence-electron chi connectivity index (χ0n) is 9.67. The van der Waals surface area contributed by atoms with Crippen LogP contribution in [-0.4, -0.2) is 21.0 Å². The third-order valence-electron chi connectivity index (χ3n) is 2.26. The third-order valence-corrected chi connectivity index (χ3v) is 3.18. The summed E-state index contributed by atoms with van der Waals surface area (Å²) in [6, 6.07) is 1.38. The zero-order chi connectivity index (χ0) is 13.1. The van der Waals surface area contributed by atoms with E-state index in [1.165, 1.54) is 12.3 Å². The Labute approximate surface area is 108 Å². The van der Waals surface area contributed by atoms with Gasteiger partial charge in [0.15, 0.2) is 0 Å². The summed E-state index contributed by atoms with van der Waals surface area (Å²) < 4.78 is 0. The summed E-state index contributed by atoms with van der Waals surface area (Å²) in [7, 11) is 0. The average Bonchev–Trinajstić information content (AvgIpc) is 2.73. The van der Waals surface area contributed by atoms with Crippen LogP contribution in [0.4, 0.5) is 11.5 Å². The second-order valence-electron chi connectivity index (χ2n) is 3.67. The molecule has 94 valence electrons. The number of hydrogen-bond acceptors (Lipinski definition) is 6. The molecule has 0 saturated carbocycles. The van der Waals surface area contributed by atoms with Crippen LogP contribution in [0.25, 0.3) is 0 Å². The Balaban J connectivity index is 2.08. The maximum absolute atomic E-state index is 10.7. The minimum atomic E-state index is -1.04. The summed E-state index contributed by atoms with van der Waals surface area (Å²) in [6.45, 7) is 2.50. The number of thiazole rings is 1. The molecule has 0 saturated heterocycles. The summed E-state index contributed by atoms with van der Waals surface area (Å²) in [5, 5.41) is 12.8. The number of pyridine rings is 1. The van der Waals surface area contributed by atoms with E-state index >= 15 is 0 Å². The molecule has 2 aromatic heterocycles. The highest BCUT2D eigenvalue weighted by molar-refractivity contribution is 7.11. The average molecular weight is 264 g/mol. The first-order valence-corrected chi connectivity index (χ1v) is 6.02. The number of nitrogens with two attached hydrogens (primary N) is 1. The molecule has 0 fully saturated rings. The van der Waals surface area contributed by atoms with Gasteiger partial charge in [0.25, 0.3) is 0 Å². The molecule has 4 N–H and O–H groups in total. The fourth-order valence-electron chi connectivity index (χ4n) is 1.40. The van der Waals surface area contributed by atoms with Gasteiger partial charge < -0.3 is 16.2 Å². The van der Waals surface area contributed by atoms with Gasteiger partial charge in [0.2, 0.25) is 0 Å². The Morgan fingerprint density at radius 2 is 2.28 bits per heavy atom. The molecule has 0 radical (unpaired) electrons. The van der Waals surface area contributed by atoms with Crippen LogP contribution in [0.3, 0.4) is 0 Å². The third kappa shape index (κ3) is 2.75. The van der Waals surface area contributed by atoms with Crippen molar-refractivity contribution < 1.29 is 9.90 Å². The first-order valence-electron chi connectivity index (χ1n) is 5.20. The molecule has 0 unspecified atom stereocenters. The standard InChI is InChI=1S/C11H12N4O2S/c1-6-13-4-8(18-6)5-15-10-9(12)2-7(3-14-10)11(16)17/h2-4H,5,12H2,1H3,(H,14,15)(H,16,17). The first-order chi connectivity index (χ1) is 8.56. The number of anilines is 2. The summed E-state index contributed by atoms with van der Waals surface area (Å²) in [5.74, 6) is -0.565. The van der Waals surface area contributed by atoms with E-state index in [1.54, 1.807) is 17.5 Å². The molecule has 0 atom stereocenters. The quantitative estimate of drug-likeness (QED) is 0.777. The Bertz CT molecular complexity index is 582. The van der Waals surface area contributed by atoms with Crippen LogP contribution in [0.2, 0.25) is 0 Å². The van der Waals surface area contributed by atoms with Gasteiger partial charge in [-0.3, -0.25) is 0 Å². The van der Waals surface area contributed by atoms with Crippen molar-refractivity contribution >= 4 is 28.8 Å². The van der Waals surface area contributed by atoms with E-state index in [0.717, 1.165) is 9.88 Å². The van der Waals surface area contributed by atoms with E-state index in [4.69, 9.17) is 10.8 Å². The number of carbonyl (C=O) groups is 1. The lowest BCUT2D eigenvalue weighted by atomic mass is 10.2. The van der Waals surface area contributed by atoms with Gasteiger partial charge in [-0.2, -0.15) is 0 Å². The summed E-state index contributed by atoms with van der Waals surface area (Å²) in [4.78, 5) is 19.9. The summed E-state index contributed by atoms with van der Waals surface area (Å²) in [6.07, 6.45) is 3.06. The van der Waals surface area contributed by atoms with Crippen LogP contribution in [0.5, 0.6) is 0 Å². The lowest BCUT2D eigenvalue weighted by molar-refractivity contribution is 0.0696. The van der Waals surface area contributed by atoms with Crippen molar-refractivity contribution in [3.05, 3.63) is 33.9 Å². The Morgan fingerprint density at radius 3 is 2.83 bits per heavy atom. The van der Waals surface area contributed by atoms with Gasteiger partial charge in [-0.15, -0.1) is 11.3 Å². The van der Waals surface area contributed by atoms with E-state index in [0.29, 0.717) is 18.1 Å². The van der Waals surface area contributed by atoms with Gasteiger partial charge >= 0.3 is 5.97 Å². The van der Waals surface area contributed by atoms with E-state index in [-0.39, 0.29) is 5.56 Å². The minimum absolute atomic E-state index is 0.0756. The lowest BCUT2D eigenvalue weighted by Gasteiger charge is -2.07. The van der Waals surface area contributed by atoms with E-state index < -0.39 is 5.97 Å². The number of rotatable bonds is 4. The van der Waals surface area contributed by atoms with Crippen molar-refractivity contribution in [3.8, 4) is 0 Å². The summed E-state index contributed by atoms with van der Waals surface area (Å²) in [5.41, 5.74) is 6.12. The molecule has 0 spiro atoms.